The van der Waals surface area contributed by atoms with Crippen LogP contribution in [0, 0.1) is 5.92 Å². The molecule has 0 fully saturated rings. The van der Waals surface area contributed by atoms with Crippen molar-refractivity contribution in [2.24, 2.45) is 5.92 Å². The Balaban J connectivity index is 0.000000791. The summed E-state index contributed by atoms with van der Waals surface area (Å²) in [5.41, 5.74) is 0.920. The first kappa shape index (κ1) is 12.7. The summed E-state index contributed by atoms with van der Waals surface area (Å²) < 4.78 is 0. The number of aromatic amines is 1. The van der Waals surface area contributed by atoms with E-state index >= 15 is 0 Å². The summed E-state index contributed by atoms with van der Waals surface area (Å²) in [6.45, 7) is 8.25. The van der Waals surface area contributed by atoms with Gasteiger partial charge in [0, 0.05) is 12.1 Å². The molecule has 0 bridgehead atoms. The van der Waals surface area contributed by atoms with Crippen LogP contribution in [0.1, 0.15) is 33.4 Å². The zero-order valence-electron chi connectivity index (χ0n) is 9.29. The molecule has 80 valence electrons. The first-order chi connectivity index (χ1) is 6.70. The summed E-state index contributed by atoms with van der Waals surface area (Å²) in [4.78, 5) is 11.1. The van der Waals surface area contributed by atoms with Gasteiger partial charge in [-0.2, -0.15) is 5.10 Å². The number of aromatic nitrogens is 2. The molecular weight excluding hydrogens is 178 g/mol. The van der Waals surface area contributed by atoms with Gasteiger partial charge in [0.2, 0.25) is 5.91 Å². The Bertz CT molecular complexity index is 242. The molecule has 0 saturated carbocycles. The first-order valence-electron chi connectivity index (χ1n) is 4.96. The third kappa shape index (κ3) is 4.64. The van der Waals surface area contributed by atoms with Crippen LogP contribution in [-0.4, -0.2) is 16.1 Å². The number of carbonyl (C=O) groups is 1. The van der Waals surface area contributed by atoms with Gasteiger partial charge in [0.05, 0.1) is 12.2 Å². The van der Waals surface area contributed by atoms with Crippen molar-refractivity contribution < 1.29 is 4.79 Å². The van der Waals surface area contributed by atoms with Crippen molar-refractivity contribution in [3.63, 3.8) is 0 Å². The Kier molecular flexibility index (Phi) is 6.45. The lowest BCUT2D eigenvalue weighted by Gasteiger charge is -2.05. The smallest absolute Gasteiger partial charge is 0.222 e. The van der Waals surface area contributed by atoms with E-state index in [2.05, 4.69) is 15.5 Å². The number of carbonyl (C=O) groups excluding carboxylic acids is 1. The highest BCUT2D eigenvalue weighted by atomic mass is 16.1. The van der Waals surface area contributed by atoms with Crippen LogP contribution in [-0.2, 0) is 11.3 Å². The Morgan fingerprint density at radius 2 is 2.21 bits per heavy atom. The van der Waals surface area contributed by atoms with Gasteiger partial charge in [-0.25, -0.2) is 0 Å². The van der Waals surface area contributed by atoms with Gasteiger partial charge in [-0.3, -0.25) is 9.89 Å². The standard InChI is InChI=1S/C8H13N3O.C2H6/c1-6(2)8(12)9-5-7-3-4-10-11-7;1-2/h3-4,6H,5H2,1-2H3,(H,9,12)(H,10,11);1-2H3. The average Bonchev–Trinajstić information content (AvgIpc) is 2.69. The fourth-order valence-electron chi connectivity index (χ4n) is 0.770. The fraction of sp³-hybridized carbons (Fsp3) is 0.600. The van der Waals surface area contributed by atoms with Crippen LogP contribution in [0.15, 0.2) is 12.3 Å². The number of H-pyrrole nitrogens is 1. The molecule has 4 heteroatoms. The third-order valence-electron chi connectivity index (χ3n) is 1.54. The molecule has 0 spiro atoms. The maximum atomic E-state index is 11.1. The number of nitrogens with one attached hydrogen (secondary N) is 2. The molecule has 0 saturated heterocycles. The predicted octanol–water partition coefficient (Wildman–Crippen LogP) is 1.71. The van der Waals surface area contributed by atoms with Crippen molar-refractivity contribution in [2.75, 3.05) is 0 Å². The van der Waals surface area contributed by atoms with Crippen LogP contribution >= 0.6 is 0 Å². The quantitative estimate of drug-likeness (QED) is 0.775. The lowest BCUT2D eigenvalue weighted by molar-refractivity contribution is -0.124. The minimum atomic E-state index is 0.0351. The molecule has 0 aliphatic rings. The molecule has 4 nitrogen and oxygen atoms in total. The second-order valence-corrected chi connectivity index (χ2v) is 2.95. The summed E-state index contributed by atoms with van der Waals surface area (Å²) in [7, 11) is 0. The second-order valence-electron chi connectivity index (χ2n) is 2.95. The second kappa shape index (κ2) is 7.12. The van der Waals surface area contributed by atoms with Gasteiger partial charge in [0.15, 0.2) is 0 Å². The van der Waals surface area contributed by atoms with Gasteiger partial charge in [-0.05, 0) is 6.07 Å². The van der Waals surface area contributed by atoms with Crippen molar-refractivity contribution in [1.82, 2.24) is 15.5 Å². The molecule has 14 heavy (non-hydrogen) atoms. The fourth-order valence-corrected chi connectivity index (χ4v) is 0.770. The number of hydrogen-bond donors (Lipinski definition) is 2. The molecular formula is C10H19N3O. The Morgan fingerprint density at radius 3 is 2.64 bits per heavy atom. The Hall–Kier alpha value is -1.32. The SMILES string of the molecule is CC.CC(C)C(=O)NCc1ccn[nH]1. The molecule has 1 heterocycles. The van der Waals surface area contributed by atoms with Crippen molar-refractivity contribution in [2.45, 2.75) is 34.2 Å². The zero-order valence-corrected chi connectivity index (χ0v) is 9.29. The molecule has 0 aliphatic heterocycles. The summed E-state index contributed by atoms with van der Waals surface area (Å²) in [5, 5.41) is 9.31. The molecule has 1 aromatic heterocycles. The number of rotatable bonds is 3. The van der Waals surface area contributed by atoms with Crippen LogP contribution in [0.25, 0.3) is 0 Å². The Morgan fingerprint density at radius 1 is 1.57 bits per heavy atom. The largest absolute Gasteiger partial charge is 0.350 e. The van der Waals surface area contributed by atoms with E-state index in [1.54, 1.807) is 6.20 Å². The molecule has 0 radical (unpaired) electrons. The van der Waals surface area contributed by atoms with Crippen molar-refractivity contribution in [1.29, 1.82) is 0 Å². The highest BCUT2D eigenvalue weighted by molar-refractivity contribution is 5.77. The van der Waals surface area contributed by atoms with E-state index in [-0.39, 0.29) is 11.8 Å². The van der Waals surface area contributed by atoms with Crippen LogP contribution < -0.4 is 5.32 Å². The number of hydrogen-bond acceptors (Lipinski definition) is 2. The lowest BCUT2D eigenvalue weighted by atomic mass is 10.2. The third-order valence-corrected chi connectivity index (χ3v) is 1.54. The summed E-state index contributed by atoms with van der Waals surface area (Å²) in [6, 6.07) is 1.83. The van der Waals surface area contributed by atoms with Gasteiger partial charge in [0.25, 0.3) is 0 Å². The van der Waals surface area contributed by atoms with Crippen molar-refractivity contribution in [3.8, 4) is 0 Å². The van der Waals surface area contributed by atoms with E-state index in [9.17, 15) is 4.79 Å². The monoisotopic (exact) mass is 197 g/mol. The summed E-state index contributed by atoms with van der Waals surface area (Å²) in [6.07, 6.45) is 1.66. The minimum absolute atomic E-state index is 0.0351. The van der Waals surface area contributed by atoms with E-state index in [1.165, 1.54) is 0 Å². The molecule has 2 N–H and O–H groups in total. The van der Waals surface area contributed by atoms with Crippen LogP contribution in [0.2, 0.25) is 0 Å². The van der Waals surface area contributed by atoms with Crippen LogP contribution in [0.3, 0.4) is 0 Å². The zero-order chi connectivity index (χ0) is 11.0. The molecule has 1 aromatic rings. The molecule has 1 rings (SSSR count). The van der Waals surface area contributed by atoms with E-state index in [0.29, 0.717) is 6.54 Å². The van der Waals surface area contributed by atoms with E-state index < -0.39 is 0 Å². The normalized spacial score (nSPS) is 9.21. The minimum Gasteiger partial charge on any atom is -0.350 e. The van der Waals surface area contributed by atoms with Gasteiger partial charge in [-0.1, -0.05) is 27.7 Å². The topological polar surface area (TPSA) is 57.8 Å². The van der Waals surface area contributed by atoms with Gasteiger partial charge in [-0.15, -0.1) is 0 Å². The highest BCUT2D eigenvalue weighted by Gasteiger charge is 2.05. The van der Waals surface area contributed by atoms with Gasteiger partial charge < -0.3 is 5.32 Å². The molecule has 1 amide bonds. The Labute approximate surface area is 85.1 Å². The van der Waals surface area contributed by atoms with Gasteiger partial charge >= 0.3 is 0 Å². The molecule has 0 atom stereocenters. The van der Waals surface area contributed by atoms with E-state index in [0.717, 1.165) is 5.69 Å². The lowest BCUT2D eigenvalue weighted by Crippen LogP contribution is -2.27. The molecule has 0 aliphatic carbocycles. The van der Waals surface area contributed by atoms with Crippen LogP contribution in [0.5, 0.6) is 0 Å². The number of nitrogens with zero attached hydrogens (tertiary/aromatic N) is 1. The van der Waals surface area contributed by atoms with Crippen LogP contribution in [0.4, 0.5) is 0 Å². The van der Waals surface area contributed by atoms with Crippen molar-refractivity contribution in [3.05, 3.63) is 18.0 Å². The predicted molar refractivity (Wildman–Crippen MR) is 56.6 cm³/mol. The van der Waals surface area contributed by atoms with Crippen molar-refractivity contribution >= 4 is 5.91 Å². The molecule has 0 unspecified atom stereocenters. The average molecular weight is 197 g/mol. The van der Waals surface area contributed by atoms with E-state index in [4.69, 9.17) is 0 Å². The van der Waals surface area contributed by atoms with E-state index in [1.807, 2.05) is 33.8 Å². The molecule has 0 aromatic carbocycles. The maximum Gasteiger partial charge on any atom is 0.222 e. The first-order valence-corrected chi connectivity index (χ1v) is 4.96. The maximum absolute atomic E-state index is 11.1. The number of amides is 1. The highest BCUT2D eigenvalue weighted by Crippen LogP contribution is 1.94. The van der Waals surface area contributed by atoms with Gasteiger partial charge in [0.1, 0.15) is 0 Å². The summed E-state index contributed by atoms with van der Waals surface area (Å²) >= 11 is 0. The summed E-state index contributed by atoms with van der Waals surface area (Å²) in [5.74, 6) is 0.0949.